The minimum atomic E-state index is -4.05. The summed E-state index contributed by atoms with van der Waals surface area (Å²) in [4.78, 5) is 28.6. The molecule has 0 saturated heterocycles. The van der Waals surface area contributed by atoms with E-state index in [9.17, 15) is 18.0 Å². The molecule has 32 heavy (non-hydrogen) atoms. The van der Waals surface area contributed by atoms with Crippen molar-refractivity contribution in [3.63, 3.8) is 0 Å². The van der Waals surface area contributed by atoms with Crippen molar-refractivity contribution in [1.82, 2.24) is 4.98 Å². The van der Waals surface area contributed by atoms with Gasteiger partial charge in [-0.25, -0.2) is 13.2 Å². The summed E-state index contributed by atoms with van der Waals surface area (Å²) < 4.78 is 32.5. The number of pyridine rings is 1. The van der Waals surface area contributed by atoms with Crippen LogP contribution in [-0.4, -0.2) is 38.4 Å². The number of aryl methyl sites for hydroxylation is 1. The first-order valence-corrected chi connectivity index (χ1v) is 11.3. The summed E-state index contributed by atoms with van der Waals surface area (Å²) in [5.41, 5.74) is 1.92. The van der Waals surface area contributed by atoms with E-state index in [-0.39, 0.29) is 17.1 Å². The molecule has 166 valence electrons. The van der Waals surface area contributed by atoms with Crippen molar-refractivity contribution in [1.29, 1.82) is 0 Å². The van der Waals surface area contributed by atoms with Crippen LogP contribution < -0.4 is 9.62 Å². The Morgan fingerprint density at radius 1 is 1.06 bits per heavy atom. The second-order valence-corrected chi connectivity index (χ2v) is 8.75. The standard InChI is InChI=1S/C23H23N3O5S/c1-3-31-23(28)18-6-4-7-19(14-18)25-22(27)16-26(20-11-9-17(2)10-12-20)32(29,30)21-8-5-13-24-15-21/h4-15H,3,16H2,1-2H3,(H,25,27). The zero-order chi connectivity index (χ0) is 23.1. The van der Waals surface area contributed by atoms with Crippen LogP contribution >= 0.6 is 0 Å². The lowest BCUT2D eigenvalue weighted by atomic mass is 10.2. The van der Waals surface area contributed by atoms with Gasteiger partial charge in [-0.1, -0.05) is 23.8 Å². The van der Waals surface area contributed by atoms with E-state index < -0.39 is 28.4 Å². The van der Waals surface area contributed by atoms with Gasteiger partial charge in [0, 0.05) is 18.1 Å². The predicted octanol–water partition coefficient (Wildman–Crippen LogP) is 3.40. The monoisotopic (exact) mass is 453 g/mol. The number of hydrogen-bond donors (Lipinski definition) is 1. The first-order valence-electron chi connectivity index (χ1n) is 9.87. The van der Waals surface area contributed by atoms with Gasteiger partial charge >= 0.3 is 5.97 Å². The van der Waals surface area contributed by atoms with Crippen molar-refractivity contribution in [2.24, 2.45) is 0 Å². The predicted molar refractivity (Wildman–Crippen MR) is 121 cm³/mol. The molecule has 3 rings (SSSR count). The number of benzene rings is 2. The molecule has 0 fully saturated rings. The Morgan fingerprint density at radius 3 is 2.47 bits per heavy atom. The van der Waals surface area contributed by atoms with E-state index in [1.807, 2.05) is 6.92 Å². The van der Waals surface area contributed by atoms with Crippen LogP contribution in [0, 0.1) is 6.92 Å². The number of anilines is 2. The van der Waals surface area contributed by atoms with Gasteiger partial charge in [0.2, 0.25) is 5.91 Å². The highest BCUT2D eigenvalue weighted by Crippen LogP contribution is 2.24. The molecule has 0 unspecified atom stereocenters. The molecule has 0 radical (unpaired) electrons. The highest BCUT2D eigenvalue weighted by atomic mass is 32.2. The van der Waals surface area contributed by atoms with Gasteiger partial charge in [0.25, 0.3) is 10.0 Å². The molecular weight excluding hydrogens is 430 g/mol. The molecule has 0 aliphatic heterocycles. The lowest BCUT2D eigenvalue weighted by Gasteiger charge is -2.24. The van der Waals surface area contributed by atoms with Crippen LogP contribution in [0.3, 0.4) is 0 Å². The summed E-state index contributed by atoms with van der Waals surface area (Å²) in [7, 11) is -4.05. The van der Waals surface area contributed by atoms with E-state index in [4.69, 9.17) is 4.74 Å². The van der Waals surface area contributed by atoms with Crippen LogP contribution in [-0.2, 0) is 19.6 Å². The molecule has 1 N–H and O–H groups in total. The summed E-state index contributed by atoms with van der Waals surface area (Å²) >= 11 is 0. The molecule has 0 bridgehead atoms. The van der Waals surface area contributed by atoms with Gasteiger partial charge in [0.05, 0.1) is 17.9 Å². The average molecular weight is 454 g/mol. The van der Waals surface area contributed by atoms with Crippen LogP contribution in [0.4, 0.5) is 11.4 Å². The third kappa shape index (κ3) is 5.50. The molecule has 1 amide bonds. The summed E-state index contributed by atoms with van der Waals surface area (Å²) in [5, 5.41) is 2.65. The Balaban J connectivity index is 1.87. The van der Waals surface area contributed by atoms with Crippen LogP contribution in [0.15, 0.2) is 78.0 Å². The van der Waals surface area contributed by atoms with E-state index in [2.05, 4.69) is 10.3 Å². The topological polar surface area (TPSA) is 106 Å². The molecule has 0 aliphatic rings. The molecule has 3 aromatic rings. The SMILES string of the molecule is CCOC(=O)c1cccc(NC(=O)CN(c2ccc(C)cc2)S(=O)(=O)c2cccnc2)c1. The zero-order valence-electron chi connectivity index (χ0n) is 17.7. The number of ether oxygens (including phenoxy) is 1. The second-order valence-electron chi connectivity index (χ2n) is 6.89. The molecule has 1 heterocycles. The van der Waals surface area contributed by atoms with E-state index in [1.54, 1.807) is 49.4 Å². The highest BCUT2D eigenvalue weighted by Gasteiger charge is 2.27. The van der Waals surface area contributed by atoms with Gasteiger partial charge in [-0.05, 0) is 56.3 Å². The van der Waals surface area contributed by atoms with E-state index >= 15 is 0 Å². The van der Waals surface area contributed by atoms with Gasteiger partial charge in [-0.2, -0.15) is 0 Å². The third-order valence-corrected chi connectivity index (χ3v) is 6.25. The first kappa shape index (κ1) is 23.0. The Kier molecular flexibility index (Phi) is 7.21. The number of nitrogens with zero attached hydrogens (tertiary/aromatic N) is 2. The van der Waals surface area contributed by atoms with Gasteiger partial charge < -0.3 is 10.1 Å². The van der Waals surface area contributed by atoms with Crippen molar-refractivity contribution in [3.8, 4) is 0 Å². The largest absolute Gasteiger partial charge is 0.462 e. The Hall–Kier alpha value is -3.72. The van der Waals surface area contributed by atoms with Crippen LogP contribution in [0.1, 0.15) is 22.8 Å². The minimum absolute atomic E-state index is 0.0299. The molecule has 2 aromatic carbocycles. The maximum absolute atomic E-state index is 13.3. The van der Waals surface area contributed by atoms with Crippen LogP contribution in [0.5, 0.6) is 0 Å². The van der Waals surface area contributed by atoms with Crippen molar-refractivity contribution in [2.75, 3.05) is 22.8 Å². The molecule has 8 nitrogen and oxygen atoms in total. The quantitative estimate of drug-likeness (QED) is 0.524. The number of aromatic nitrogens is 1. The molecule has 1 aromatic heterocycles. The lowest BCUT2D eigenvalue weighted by Crippen LogP contribution is -2.38. The molecule has 0 aliphatic carbocycles. The molecule has 0 saturated carbocycles. The molecule has 0 spiro atoms. The van der Waals surface area contributed by atoms with Crippen molar-refractivity contribution in [2.45, 2.75) is 18.7 Å². The number of carbonyl (C=O) groups is 2. The fourth-order valence-electron chi connectivity index (χ4n) is 2.92. The Morgan fingerprint density at radius 2 is 1.81 bits per heavy atom. The summed E-state index contributed by atoms with van der Waals surface area (Å²) in [6.45, 7) is 3.34. The maximum Gasteiger partial charge on any atom is 0.338 e. The second kappa shape index (κ2) is 10.1. The summed E-state index contributed by atoms with van der Waals surface area (Å²) in [6, 6.07) is 16.0. The Labute approximate surface area is 186 Å². The van der Waals surface area contributed by atoms with Crippen LogP contribution in [0.25, 0.3) is 0 Å². The fraction of sp³-hybridized carbons (Fsp3) is 0.174. The number of amides is 1. The average Bonchev–Trinajstić information content (AvgIpc) is 2.79. The number of carbonyl (C=O) groups excluding carboxylic acids is 2. The van der Waals surface area contributed by atoms with Crippen molar-refractivity contribution >= 4 is 33.3 Å². The number of nitrogens with one attached hydrogen (secondary N) is 1. The third-order valence-electron chi connectivity index (χ3n) is 4.49. The molecule has 0 atom stereocenters. The van der Waals surface area contributed by atoms with E-state index in [1.165, 1.54) is 30.6 Å². The number of sulfonamides is 1. The summed E-state index contributed by atoms with van der Waals surface area (Å²) in [5.74, 6) is -1.08. The first-order chi connectivity index (χ1) is 15.3. The number of rotatable bonds is 8. The Bertz CT molecular complexity index is 1200. The zero-order valence-corrected chi connectivity index (χ0v) is 18.5. The van der Waals surface area contributed by atoms with Gasteiger partial charge in [-0.15, -0.1) is 0 Å². The molecule has 9 heteroatoms. The lowest BCUT2D eigenvalue weighted by molar-refractivity contribution is -0.114. The smallest absolute Gasteiger partial charge is 0.338 e. The number of hydrogen-bond acceptors (Lipinski definition) is 6. The van der Waals surface area contributed by atoms with Crippen molar-refractivity contribution in [3.05, 3.63) is 84.2 Å². The number of esters is 1. The van der Waals surface area contributed by atoms with Gasteiger partial charge in [0.15, 0.2) is 0 Å². The van der Waals surface area contributed by atoms with E-state index in [0.717, 1.165) is 9.87 Å². The van der Waals surface area contributed by atoms with Gasteiger partial charge in [0.1, 0.15) is 11.4 Å². The van der Waals surface area contributed by atoms with E-state index in [0.29, 0.717) is 11.4 Å². The summed E-state index contributed by atoms with van der Waals surface area (Å²) in [6.07, 6.45) is 2.70. The normalized spacial score (nSPS) is 10.9. The maximum atomic E-state index is 13.3. The fourth-order valence-corrected chi connectivity index (χ4v) is 4.31. The van der Waals surface area contributed by atoms with Crippen LogP contribution in [0.2, 0.25) is 0 Å². The van der Waals surface area contributed by atoms with Gasteiger partial charge in [-0.3, -0.25) is 14.1 Å². The minimum Gasteiger partial charge on any atom is -0.462 e. The molecular formula is C23H23N3O5S. The highest BCUT2D eigenvalue weighted by molar-refractivity contribution is 7.92. The van der Waals surface area contributed by atoms with Crippen molar-refractivity contribution < 1.29 is 22.7 Å².